The number of nitrogens with one attached hydrogen (secondary N) is 1. The van der Waals surface area contributed by atoms with Crippen molar-refractivity contribution in [2.45, 2.75) is 12.8 Å². The average Bonchev–Trinajstić information content (AvgIpc) is 2.81. The molecule has 1 saturated heterocycles. The number of hydrogen-bond acceptors (Lipinski definition) is 4. The summed E-state index contributed by atoms with van der Waals surface area (Å²) in [6.07, 6.45) is 4.84. The number of nitrogens with two attached hydrogens (primary N) is 1. The average molecular weight is 301 g/mol. The zero-order valence-electron chi connectivity index (χ0n) is 11.3. The van der Waals surface area contributed by atoms with Crippen molar-refractivity contribution in [1.82, 2.24) is 19.2 Å². The molecule has 1 fully saturated rings. The molecule has 8 nitrogen and oxygen atoms in total. The fourth-order valence-electron chi connectivity index (χ4n) is 2.38. The molecule has 1 aromatic rings. The van der Waals surface area contributed by atoms with Crippen LogP contribution in [0.5, 0.6) is 0 Å². The van der Waals surface area contributed by atoms with Crippen LogP contribution in [0.4, 0.5) is 0 Å². The molecule has 1 atom stereocenters. The monoisotopic (exact) mass is 301 g/mol. The van der Waals surface area contributed by atoms with Crippen LogP contribution in [0.15, 0.2) is 12.5 Å². The van der Waals surface area contributed by atoms with Gasteiger partial charge < -0.3 is 9.47 Å². The number of carbonyl (C=O) groups excluding carboxylic acids is 1. The highest BCUT2D eigenvalue weighted by atomic mass is 32.2. The van der Waals surface area contributed by atoms with Crippen LogP contribution >= 0.6 is 0 Å². The molecule has 0 aliphatic carbocycles. The van der Waals surface area contributed by atoms with E-state index in [-0.39, 0.29) is 18.4 Å². The molecule has 1 unspecified atom stereocenters. The molecule has 1 aliphatic heterocycles. The third-order valence-electron chi connectivity index (χ3n) is 3.42. The van der Waals surface area contributed by atoms with E-state index < -0.39 is 10.2 Å². The van der Waals surface area contributed by atoms with Crippen molar-refractivity contribution < 1.29 is 13.2 Å². The predicted molar refractivity (Wildman–Crippen MR) is 72.9 cm³/mol. The molecule has 1 amide bonds. The Morgan fingerprint density at radius 3 is 2.95 bits per heavy atom. The second-order valence-electron chi connectivity index (χ2n) is 5.04. The Morgan fingerprint density at radius 1 is 1.60 bits per heavy atom. The molecule has 2 heterocycles. The van der Waals surface area contributed by atoms with Crippen molar-refractivity contribution >= 4 is 16.1 Å². The van der Waals surface area contributed by atoms with Crippen LogP contribution in [0, 0.1) is 5.92 Å². The lowest BCUT2D eigenvalue weighted by Crippen LogP contribution is -2.45. The third-order valence-corrected chi connectivity index (χ3v) is 3.98. The Hall–Kier alpha value is -1.45. The highest BCUT2D eigenvalue weighted by molar-refractivity contribution is 7.87. The molecular formula is C11H19N5O3S. The van der Waals surface area contributed by atoms with Gasteiger partial charge >= 0.3 is 0 Å². The molecule has 0 radical (unpaired) electrons. The summed E-state index contributed by atoms with van der Waals surface area (Å²) >= 11 is 0. The lowest BCUT2D eigenvalue weighted by Gasteiger charge is -2.32. The van der Waals surface area contributed by atoms with Crippen LogP contribution in [0.1, 0.15) is 23.3 Å². The second kappa shape index (κ2) is 5.90. The van der Waals surface area contributed by atoms with E-state index in [2.05, 4.69) is 9.71 Å². The zero-order chi connectivity index (χ0) is 14.8. The van der Waals surface area contributed by atoms with E-state index in [1.807, 2.05) is 0 Å². The first-order valence-electron chi connectivity index (χ1n) is 6.40. The normalized spacial score (nSPS) is 20.1. The van der Waals surface area contributed by atoms with Gasteiger partial charge in [-0.3, -0.25) is 4.79 Å². The van der Waals surface area contributed by atoms with Crippen molar-refractivity contribution in [3.05, 3.63) is 18.2 Å². The van der Waals surface area contributed by atoms with Gasteiger partial charge in [-0.2, -0.15) is 8.42 Å². The number of rotatable bonds is 4. The molecule has 2 rings (SSSR count). The fraction of sp³-hybridized carbons (Fsp3) is 0.636. The van der Waals surface area contributed by atoms with Gasteiger partial charge in [0.25, 0.3) is 16.1 Å². The van der Waals surface area contributed by atoms with Gasteiger partial charge in [0.15, 0.2) is 0 Å². The topological polar surface area (TPSA) is 110 Å². The molecule has 112 valence electrons. The molecule has 0 bridgehead atoms. The van der Waals surface area contributed by atoms with Gasteiger partial charge in [-0.15, -0.1) is 0 Å². The lowest BCUT2D eigenvalue weighted by atomic mass is 9.98. The van der Waals surface area contributed by atoms with Crippen LogP contribution < -0.4 is 9.86 Å². The number of aryl methyl sites for hydroxylation is 1. The standard InChI is InChI=1S/C11H19N5O3S/c1-15-8-13-6-10(15)11(17)16-4-2-3-9(7-16)5-14-20(12,18)19/h6,8-9,14H,2-5,7H2,1H3,(H2,12,18,19). The summed E-state index contributed by atoms with van der Waals surface area (Å²) in [5.41, 5.74) is 0.532. The maximum atomic E-state index is 12.3. The fourth-order valence-corrected chi connectivity index (χ4v) is 2.84. The van der Waals surface area contributed by atoms with E-state index in [0.717, 1.165) is 12.8 Å². The summed E-state index contributed by atoms with van der Waals surface area (Å²) in [7, 11) is -1.91. The molecule has 1 aromatic heterocycles. The summed E-state index contributed by atoms with van der Waals surface area (Å²) in [4.78, 5) is 18.0. The third kappa shape index (κ3) is 3.78. The van der Waals surface area contributed by atoms with E-state index in [4.69, 9.17) is 5.14 Å². The van der Waals surface area contributed by atoms with Crippen molar-refractivity contribution in [3.63, 3.8) is 0 Å². The van der Waals surface area contributed by atoms with Crippen LogP contribution in [-0.4, -0.2) is 48.4 Å². The number of hydrogen-bond donors (Lipinski definition) is 2. The number of nitrogens with zero attached hydrogens (tertiary/aromatic N) is 3. The van der Waals surface area contributed by atoms with Gasteiger partial charge in [0.2, 0.25) is 0 Å². The number of carbonyl (C=O) groups is 1. The predicted octanol–water partition coefficient (Wildman–Crippen LogP) is -0.935. The molecule has 9 heteroatoms. The Labute approximate surface area is 118 Å². The van der Waals surface area contributed by atoms with Crippen molar-refractivity contribution in [2.75, 3.05) is 19.6 Å². The summed E-state index contributed by atoms with van der Waals surface area (Å²) in [5, 5.41) is 4.91. The smallest absolute Gasteiger partial charge is 0.274 e. The molecule has 0 spiro atoms. The van der Waals surface area contributed by atoms with Crippen LogP contribution in [0.25, 0.3) is 0 Å². The molecular weight excluding hydrogens is 282 g/mol. The van der Waals surface area contributed by atoms with Gasteiger partial charge in [-0.1, -0.05) is 0 Å². The maximum Gasteiger partial charge on any atom is 0.274 e. The van der Waals surface area contributed by atoms with Crippen molar-refractivity contribution in [2.24, 2.45) is 18.1 Å². The first-order valence-corrected chi connectivity index (χ1v) is 7.94. The van der Waals surface area contributed by atoms with E-state index in [0.29, 0.717) is 18.8 Å². The molecule has 3 N–H and O–H groups in total. The van der Waals surface area contributed by atoms with Gasteiger partial charge in [0, 0.05) is 26.7 Å². The van der Waals surface area contributed by atoms with E-state index in [9.17, 15) is 13.2 Å². The van der Waals surface area contributed by atoms with E-state index in [1.165, 1.54) is 6.20 Å². The summed E-state index contributed by atoms with van der Waals surface area (Å²) in [6.45, 7) is 1.45. The Kier molecular flexibility index (Phi) is 4.41. The van der Waals surface area contributed by atoms with Crippen LogP contribution in [-0.2, 0) is 17.3 Å². The summed E-state index contributed by atoms with van der Waals surface area (Å²) in [5.74, 6) is 0.00422. The minimum atomic E-state index is -3.68. The molecule has 1 aliphatic rings. The summed E-state index contributed by atoms with van der Waals surface area (Å²) in [6, 6.07) is 0. The largest absolute Gasteiger partial charge is 0.337 e. The molecule has 0 saturated carbocycles. The van der Waals surface area contributed by atoms with Crippen molar-refractivity contribution in [1.29, 1.82) is 0 Å². The second-order valence-corrected chi connectivity index (χ2v) is 6.42. The van der Waals surface area contributed by atoms with Gasteiger partial charge in [-0.25, -0.2) is 14.8 Å². The first-order chi connectivity index (χ1) is 9.37. The van der Waals surface area contributed by atoms with Gasteiger partial charge in [0.1, 0.15) is 5.69 Å². The SMILES string of the molecule is Cn1cncc1C(=O)N1CCCC(CNS(N)(=O)=O)C1. The molecule has 0 aromatic carbocycles. The molecule has 20 heavy (non-hydrogen) atoms. The maximum absolute atomic E-state index is 12.3. The van der Waals surface area contributed by atoms with Crippen molar-refractivity contribution in [3.8, 4) is 0 Å². The zero-order valence-corrected chi connectivity index (χ0v) is 12.1. The van der Waals surface area contributed by atoms with Gasteiger partial charge in [-0.05, 0) is 18.8 Å². The van der Waals surface area contributed by atoms with Crippen LogP contribution in [0.3, 0.4) is 0 Å². The number of amides is 1. The lowest BCUT2D eigenvalue weighted by molar-refractivity contribution is 0.0666. The highest BCUT2D eigenvalue weighted by Crippen LogP contribution is 2.18. The van der Waals surface area contributed by atoms with Crippen LogP contribution in [0.2, 0.25) is 0 Å². The number of piperidine rings is 1. The van der Waals surface area contributed by atoms with E-state index >= 15 is 0 Å². The van der Waals surface area contributed by atoms with Gasteiger partial charge in [0.05, 0.1) is 12.5 Å². The summed E-state index contributed by atoms with van der Waals surface area (Å²) < 4.78 is 25.8. The number of aromatic nitrogens is 2. The van der Waals surface area contributed by atoms with E-state index in [1.54, 1.807) is 22.8 Å². The number of likely N-dealkylation sites (tertiary alicyclic amines) is 1. The quantitative estimate of drug-likeness (QED) is 0.748. The first kappa shape index (κ1) is 14.9. The number of imidazole rings is 1. The minimum Gasteiger partial charge on any atom is -0.337 e. The minimum absolute atomic E-state index is 0.0784. The Bertz CT molecular complexity index is 583. The highest BCUT2D eigenvalue weighted by Gasteiger charge is 2.26. The Morgan fingerprint density at radius 2 is 2.35 bits per heavy atom. The Balaban J connectivity index is 1.97.